The molecule has 0 amide bonds. The molecule has 1 aromatic heterocycles. The van der Waals surface area contributed by atoms with Crippen LogP contribution in [0.1, 0.15) is 32.1 Å². The number of non-ortho nitro benzene ring substituents is 1. The molecular formula is C13H16N4O3. The Bertz CT molecular complexity index is 634. The Hall–Kier alpha value is -2.18. The summed E-state index contributed by atoms with van der Waals surface area (Å²) < 4.78 is 4.70. The van der Waals surface area contributed by atoms with E-state index in [0.717, 1.165) is 18.5 Å². The summed E-state index contributed by atoms with van der Waals surface area (Å²) in [5.74, 6) is 0. The molecule has 0 atom stereocenters. The van der Waals surface area contributed by atoms with E-state index in [1.54, 1.807) is 6.07 Å². The molecule has 0 aliphatic heterocycles. The monoisotopic (exact) mass is 276 g/mol. The Morgan fingerprint density at radius 2 is 1.95 bits per heavy atom. The Morgan fingerprint density at radius 3 is 2.65 bits per heavy atom. The molecule has 0 radical (unpaired) electrons. The van der Waals surface area contributed by atoms with Crippen molar-refractivity contribution in [1.29, 1.82) is 0 Å². The van der Waals surface area contributed by atoms with Crippen molar-refractivity contribution >= 4 is 22.4 Å². The topological polar surface area (TPSA) is 85.3 Å². The van der Waals surface area contributed by atoms with Crippen molar-refractivity contribution in [2.75, 3.05) is 11.9 Å². The third-order valence-electron chi connectivity index (χ3n) is 4.07. The molecule has 1 fully saturated rings. The normalized spacial score (nSPS) is 16.4. The minimum Gasteiger partial charge on any atom is -0.370 e. The third-order valence-corrected chi connectivity index (χ3v) is 4.07. The maximum atomic E-state index is 11.0. The molecule has 2 aromatic rings. The fourth-order valence-electron chi connectivity index (χ4n) is 2.94. The number of hydrogen-bond donors (Lipinski definition) is 0. The van der Waals surface area contributed by atoms with Gasteiger partial charge in [-0.25, -0.2) is 4.63 Å². The number of hydrogen-bond acceptors (Lipinski definition) is 6. The van der Waals surface area contributed by atoms with E-state index < -0.39 is 4.92 Å². The lowest BCUT2D eigenvalue weighted by Crippen LogP contribution is -2.33. The Balaban J connectivity index is 2.01. The highest BCUT2D eigenvalue weighted by molar-refractivity contribution is 5.93. The Morgan fingerprint density at radius 1 is 1.25 bits per heavy atom. The first-order valence-electron chi connectivity index (χ1n) is 6.81. The van der Waals surface area contributed by atoms with E-state index in [1.165, 1.54) is 25.3 Å². The van der Waals surface area contributed by atoms with Crippen LogP contribution in [0.3, 0.4) is 0 Å². The molecule has 7 nitrogen and oxygen atoms in total. The molecular weight excluding hydrogens is 260 g/mol. The number of benzene rings is 1. The number of rotatable bonds is 3. The zero-order chi connectivity index (χ0) is 14.1. The van der Waals surface area contributed by atoms with Crippen molar-refractivity contribution < 1.29 is 9.55 Å². The van der Waals surface area contributed by atoms with Crippen molar-refractivity contribution in [2.24, 2.45) is 0 Å². The van der Waals surface area contributed by atoms with Gasteiger partial charge < -0.3 is 4.90 Å². The van der Waals surface area contributed by atoms with Crippen LogP contribution in [-0.2, 0) is 0 Å². The summed E-state index contributed by atoms with van der Waals surface area (Å²) in [6.45, 7) is 0. The summed E-state index contributed by atoms with van der Waals surface area (Å²) in [4.78, 5) is 12.7. The van der Waals surface area contributed by atoms with Gasteiger partial charge in [0.05, 0.1) is 10.6 Å². The molecule has 20 heavy (non-hydrogen) atoms. The maximum Gasteiger partial charge on any atom is 0.300 e. The first-order chi connectivity index (χ1) is 9.68. The summed E-state index contributed by atoms with van der Waals surface area (Å²) in [5.41, 5.74) is 1.46. The van der Waals surface area contributed by atoms with Crippen LogP contribution in [-0.4, -0.2) is 28.3 Å². The molecule has 0 bridgehead atoms. The fourth-order valence-corrected chi connectivity index (χ4v) is 2.94. The zero-order valence-corrected chi connectivity index (χ0v) is 11.3. The number of aromatic nitrogens is 2. The largest absolute Gasteiger partial charge is 0.370 e. The number of fused-ring (bicyclic) bond motifs is 1. The molecule has 0 unspecified atom stereocenters. The van der Waals surface area contributed by atoms with E-state index in [0.29, 0.717) is 11.6 Å². The number of nitro groups is 1. The molecule has 7 heteroatoms. The molecule has 1 aliphatic rings. The average molecular weight is 276 g/mol. The van der Waals surface area contributed by atoms with Crippen LogP contribution >= 0.6 is 0 Å². The van der Waals surface area contributed by atoms with Gasteiger partial charge in [0.2, 0.25) is 5.52 Å². The van der Waals surface area contributed by atoms with E-state index in [4.69, 9.17) is 4.63 Å². The van der Waals surface area contributed by atoms with Gasteiger partial charge in [0.1, 0.15) is 0 Å². The number of anilines is 1. The van der Waals surface area contributed by atoms with Crippen molar-refractivity contribution in [2.45, 2.75) is 38.1 Å². The van der Waals surface area contributed by atoms with Gasteiger partial charge in [-0.2, -0.15) is 0 Å². The fraction of sp³-hybridized carbons (Fsp3) is 0.538. The first-order valence-corrected chi connectivity index (χ1v) is 6.81. The maximum absolute atomic E-state index is 11.0. The van der Waals surface area contributed by atoms with Gasteiger partial charge in [-0.3, -0.25) is 10.1 Å². The molecule has 0 saturated heterocycles. The highest BCUT2D eigenvalue weighted by Gasteiger charge is 2.25. The molecule has 1 aliphatic carbocycles. The van der Waals surface area contributed by atoms with E-state index in [9.17, 15) is 10.1 Å². The Kier molecular flexibility index (Phi) is 3.25. The van der Waals surface area contributed by atoms with Gasteiger partial charge in [-0.1, -0.05) is 19.3 Å². The molecule has 1 heterocycles. The van der Waals surface area contributed by atoms with E-state index in [-0.39, 0.29) is 11.2 Å². The predicted octanol–water partition coefficient (Wildman–Crippen LogP) is 2.90. The zero-order valence-electron chi connectivity index (χ0n) is 11.3. The second kappa shape index (κ2) is 5.07. The standard InChI is InChI=1S/C13H16N4O3/c1-16(9-5-3-2-4-6-9)10-7-8-11(17(18)19)13-12(10)14-20-15-13/h7-9H,2-6H2,1H3. The predicted molar refractivity (Wildman–Crippen MR) is 73.7 cm³/mol. The van der Waals surface area contributed by atoms with Crippen LogP contribution in [0.4, 0.5) is 11.4 Å². The summed E-state index contributed by atoms with van der Waals surface area (Å²) >= 11 is 0. The number of nitrogens with zero attached hydrogens (tertiary/aromatic N) is 4. The first kappa shape index (κ1) is 12.8. The average Bonchev–Trinajstić information content (AvgIpc) is 2.95. The lowest BCUT2D eigenvalue weighted by molar-refractivity contribution is -0.383. The van der Waals surface area contributed by atoms with Crippen molar-refractivity contribution in [1.82, 2.24) is 10.3 Å². The van der Waals surface area contributed by atoms with Crippen molar-refractivity contribution in [3.63, 3.8) is 0 Å². The summed E-state index contributed by atoms with van der Waals surface area (Å²) in [6.07, 6.45) is 6.01. The highest BCUT2D eigenvalue weighted by Crippen LogP contribution is 2.33. The van der Waals surface area contributed by atoms with Crippen LogP contribution in [0, 0.1) is 10.1 Å². The Labute approximate surface area is 115 Å². The molecule has 1 aromatic carbocycles. The van der Waals surface area contributed by atoms with Crippen LogP contribution in [0.15, 0.2) is 16.8 Å². The van der Waals surface area contributed by atoms with E-state index >= 15 is 0 Å². The minimum atomic E-state index is -0.461. The van der Waals surface area contributed by atoms with Crippen LogP contribution in [0.2, 0.25) is 0 Å². The lowest BCUT2D eigenvalue weighted by atomic mass is 9.94. The van der Waals surface area contributed by atoms with Gasteiger partial charge in [-0.05, 0) is 29.2 Å². The van der Waals surface area contributed by atoms with Crippen molar-refractivity contribution in [3.05, 3.63) is 22.2 Å². The quantitative estimate of drug-likeness (QED) is 0.633. The van der Waals surface area contributed by atoms with E-state index in [2.05, 4.69) is 15.2 Å². The molecule has 3 rings (SSSR count). The lowest BCUT2D eigenvalue weighted by Gasteiger charge is -2.32. The van der Waals surface area contributed by atoms with Crippen LogP contribution in [0.25, 0.3) is 11.0 Å². The van der Waals surface area contributed by atoms with Crippen LogP contribution < -0.4 is 4.90 Å². The third kappa shape index (κ3) is 2.09. The van der Waals surface area contributed by atoms with Gasteiger partial charge in [0.15, 0.2) is 5.52 Å². The molecule has 0 spiro atoms. The minimum absolute atomic E-state index is 0.0676. The summed E-state index contributed by atoms with van der Waals surface area (Å²) in [5, 5.41) is 18.5. The number of nitro benzene ring substituents is 1. The second-order valence-electron chi connectivity index (χ2n) is 5.23. The smallest absolute Gasteiger partial charge is 0.300 e. The molecule has 0 N–H and O–H groups in total. The SMILES string of the molecule is CN(c1ccc([N+](=O)[O-])c2nonc12)C1CCCCC1. The molecule has 106 valence electrons. The van der Waals surface area contributed by atoms with Crippen LogP contribution in [0.5, 0.6) is 0 Å². The molecule has 1 saturated carbocycles. The van der Waals surface area contributed by atoms with Gasteiger partial charge in [0.25, 0.3) is 0 Å². The second-order valence-corrected chi connectivity index (χ2v) is 5.23. The van der Waals surface area contributed by atoms with E-state index in [1.807, 2.05) is 7.05 Å². The summed E-state index contributed by atoms with van der Waals surface area (Å²) in [6, 6.07) is 3.66. The van der Waals surface area contributed by atoms with Crippen molar-refractivity contribution in [3.8, 4) is 0 Å². The van der Waals surface area contributed by atoms with Gasteiger partial charge >= 0.3 is 5.69 Å². The summed E-state index contributed by atoms with van der Waals surface area (Å²) in [7, 11) is 2.01. The van der Waals surface area contributed by atoms with Gasteiger partial charge in [-0.15, -0.1) is 0 Å². The highest BCUT2D eigenvalue weighted by atomic mass is 16.6. The van der Waals surface area contributed by atoms with Gasteiger partial charge in [0, 0.05) is 19.2 Å².